The van der Waals surface area contributed by atoms with Crippen molar-refractivity contribution in [3.8, 4) is 0 Å². The van der Waals surface area contributed by atoms with E-state index in [1.165, 1.54) is 12.1 Å². The van der Waals surface area contributed by atoms with E-state index in [4.69, 9.17) is 0 Å². The topological polar surface area (TPSA) is 66.4 Å². The molecule has 2 saturated carbocycles. The Kier molecular flexibility index (Phi) is 3.43. The van der Waals surface area contributed by atoms with Crippen LogP contribution >= 0.6 is 0 Å². The fraction of sp³-hybridized carbons (Fsp3) is 0.500. The van der Waals surface area contributed by atoms with Gasteiger partial charge in [-0.05, 0) is 55.7 Å². The Bertz CT molecular complexity index is 601. The highest BCUT2D eigenvalue weighted by Crippen LogP contribution is 2.52. The van der Waals surface area contributed by atoms with E-state index < -0.39 is 23.6 Å². The molecule has 2 fully saturated rings. The fourth-order valence-corrected chi connectivity index (χ4v) is 3.97. The SMILES string of the molecule is Cc1ccc(F)cc1NC(=O)[C@@H]1[C@H]2CC[C@@H](C2)[C@H]1C(=O)O. The number of anilines is 1. The summed E-state index contributed by atoms with van der Waals surface area (Å²) in [4.78, 5) is 23.9. The summed E-state index contributed by atoms with van der Waals surface area (Å²) in [6, 6.07) is 4.21. The largest absolute Gasteiger partial charge is 0.481 e. The third-order valence-electron chi connectivity index (χ3n) is 4.96. The van der Waals surface area contributed by atoms with Gasteiger partial charge in [-0.3, -0.25) is 9.59 Å². The molecule has 0 aromatic heterocycles. The molecule has 2 aliphatic rings. The van der Waals surface area contributed by atoms with Crippen LogP contribution in [-0.4, -0.2) is 17.0 Å². The minimum absolute atomic E-state index is 0.108. The van der Waals surface area contributed by atoms with E-state index in [-0.39, 0.29) is 17.7 Å². The standard InChI is InChI=1S/C16H18FNO3/c1-8-2-5-11(17)7-12(8)18-15(19)13-9-3-4-10(6-9)14(13)16(20)21/h2,5,7,9-10,13-14H,3-4,6H2,1H3,(H,18,19)(H,20,21)/t9-,10-,13+,14+/m0/s1. The summed E-state index contributed by atoms with van der Waals surface area (Å²) in [6.45, 7) is 1.78. The van der Waals surface area contributed by atoms with Crippen LogP contribution in [0.3, 0.4) is 0 Å². The van der Waals surface area contributed by atoms with E-state index in [0.717, 1.165) is 24.8 Å². The number of hydrogen-bond donors (Lipinski definition) is 2. The molecule has 2 aliphatic carbocycles. The highest BCUT2D eigenvalue weighted by Gasteiger charge is 2.53. The number of aryl methyl sites for hydroxylation is 1. The molecule has 0 saturated heterocycles. The van der Waals surface area contributed by atoms with Gasteiger partial charge in [-0.15, -0.1) is 0 Å². The number of benzene rings is 1. The summed E-state index contributed by atoms with van der Waals surface area (Å²) in [6.07, 6.45) is 2.62. The molecule has 0 radical (unpaired) electrons. The van der Waals surface area contributed by atoms with Crippen molar-refractivity contribution in [3.05, 3.63) is 29.6 Å². The second-order valence-corrected chi connectivity index (χ2v) is 6.17. The molecule has 1 aromatic rings. The van der Waals surface area contributed by atoms with Crippen LogP contribution in [0.1, 0.15) is 24.8 Å². The Labute approximate surface area is 122 Å². The Hall–Kier alpha value is -1.91. The van der Waals surface area contributed by atoms with E-state index in [0.29, 0.717) is 5.69 Å². The van der Waals surface area contributed by atoms with Crippen LogP contribution in [0.5, 0.6) is 0 Å². The number of carboxylic acids is 1. The lowest BCUT2D eigenvalue weighted by atomic mass is 9.78. The van der Waals surface area contributed by atoms with E-state index in [9.17, 15) is 19.1 Å². The maximum absolute atomic E-state index is 13.3. The Morgan fingerprint density at radius 3 is 2.57 bits per heavy atom. The van der Waals surface area contributed by atoms with Gasteiger partial charge in [0, 0.05) is 5.69 Å². The first-order chi connectivity index (χ1) is 9.97. The molecule has 5 heteroatoms. The van der Waals surface area contributed by atoms with Gasteiger partial charge >= 0.3 is 5.97 Å². The first-order valence-electron chi connectivity index (χ1n) is 7.27. The number of carboxylic acid groups (broad SMARTS) is 1. The van der Waals surface area contributed by atoms with Gasteiger partial charge < -0.3 is 10.4 Å². The smallest absolute Gasteiger partial charge is 0.307 e. The predicted molar refractivity (Wildman–Crippen MR) is 75.2 cm³/mol. The van der Waals surface area contributed by atoms with Crippen LogP contribution in [0.15, 0.2) is 18.2 Å². The van der Waals surface area contributed by atoms with Crippen molar-refractivity contribution in [1.29, 1.82) is 0 Å². The van der Waals surface area contributed by atoms with E-state index >= 15 is 0 Å². The lowest BCUT2D eigenvalue weighted by Crippen LogP contribution is -2.38. The van der Waals surface area contributed by atoms with E-state index in [1.54, 1.807) is 13.0 Å². The second kappa shape index (κ2) is 5.13. The number of fused-ring (bicyclic) bond motifs is 2. The van der Waals surface area contributed by atoms with Gasteiger partial charge in [0.05, 0.1) is 11.8 Å². The maximum atomic E-state index is 13.3. The molecule has 0 aliphatic heterocycles. The molecule has 21 heavy (non-hydrogen) atoms. The monoisotopic (exact) mass is 291 g/mol. The van der Waals surface area contributed by atoms with Crippen LogP contribution in [0, 0.1) is 36.4 Å². The minimum Gasteiger partial charge on any atom is -0.481 e. The van der Waals surface area contributed by atoms with Gasteiger partial charge in [0.2, 0.25) is 5.91 Å². The highest BCUT2D eigenvalue weighted by atomic mass is 19.1. The average Bonchev–Trinajstić information content (AvgIpc) is 3.03. The van der Waals surface area contributed by atoms with Gasteiger partial charge in [-0.2, -0.15) is 0 Å². The molecule has 0 unspecified atom stereocenters. The number of carbonyl (C=O) groups excluding carboxylic acids is 1. The van der Waals surface area contributed by atoms with Crippen LogP contribution in [0.4, 0.5) is 10.1 Å². The van der Waals surface area contributed by atoms with Crippen LogP contribution in [0.25, 0.3) is 0 Å². The third kappa shape index (κ3) is 2.41. The molecule has 0 spiro atoms. The molecule has 2 bridgehead atoms. The zero-order valence-electron chi connectivity index (χ0n) is 11.8. The normalized spacial score (nSPS) is 30.4. The lowest BCUT2D eigenvalue weighted by molar-refractivity contribution is -0.148. The number of aliphatic carboxylic acids is 1. The van der Waals surface area contributed by atoms with Crippen molar-refractivity contribution in [1.82, 2.24) is 0 Å². The summed E-state index contributed by atoms with van der Waals surface area (Å²) in [5, 5.41) is 12.1. The zero-order valence-corrected chi connectivity index (χ0v) is 11.8. The summed E-state index contributed by atoms with van der Waals surface area (Å²) in [7, 11) is 0. The summed E-state index contributed by atoms with van der Waals surface area (Å²) in [5.41, 5.74) is 1.19. The van der Waals surface area contributed by atoms with E-state index in [2.05, 4.69) is 5.32 Å². The average molecular weight is 291 g/mol. The molecule has 4 atom stereocenters. The number of rotatable bonds is 3. The van der Waals surface area contributed by atoms with Crippen LogP contribution in [0.2, 0.25) is 0 Å². The van der Waals surface area contributed by atoms with Gasteiger partial charge in [0.25, 0.3) is 0 Å². The molecule has 112 valence electrons. The van der Waals surface area contributed by atoms with Gasteiger partial charge in [0.15, 0.2) is 0 Å². The highest BCUT2D eigenvalue weighted by molar-refractivity contribution is 5.96. The van der Waals surface area contributed by atoms with Crippen molar-refractivity contribution in [2.24, 2.45) is 23.7 Å². The van der Waals surface area contributed by atoms with Crippen molar-refractivity contribution < 1.29 is 19.1 Å². The van der Waals surface area contributed by atoms with Crippen molar-refractivity contribution in [2.45, 2.75) is 26.2 Å². The molecular weight excluding hydrogens is 273 g/mol. The predicted octanol–water partition coefficient (Wildman–Crippen LogP) is 2.82. The number of hydrogen-bond acceptors (Lipinski definition) is 2. The van der Waals surface area contributed by atoms with Gasteiger partial charge in [-0.25, -0.2) is 4.39 Å². The van der Waals surface area contributed by atoms with Gasteiger partial charge in [0.1, 0.15) is 5.82 Å². The van der Waals surface area contributed by atoms with Crippen molar-refractivity contribution >= 4 is 17.6 Å². The van der Waals surface area contributed by atoms with Crippen molar-refractivity contribution in [3.63, 3.8) is 0 Å². The molecule has 2 N–H and O–H groups in total. The zero-order chi connectivity index (χ0) is 15.1. The summed E-state index contributed by atoms with van der Waals surface area (Å²) in [5.74, 6) is -2.44. The summed E-state index contributed by atoms with van der Waals surface area (Å²) < 4.78 is 13.3. The third-order valence-corrected chi connectivity index (χ3v) is 4.96. The van der Waals surface area contributed by atoms with Crippen molar-refractivity contribution in [2.75, 3.05) is 5.32 Å². The molecule has 1 aromatic carbocycles. The summed E-state index contributed by atoms with van der Waals surface area (Å²) >= 11 is 0. The van der Waals surface area contributed by atoms with Crippen LogP contribution < -0.4 is 5.32 Å². The van der Waals surface area contributed by atoms with Crippen LogP contribution in [-0.2, 0) is 9.59 Å². The molecule has 0 heterocycles. The minimum atomic E-state index is -0.890. The molecule has 1 amide bonds. The Morgan fingerprint density at radius 1 is 1.24 bits per heavy atom. The Balaban J connectivity index is 1.81. The second-order valence-electron chi connectivity index (χ2n) is 6.17. The quantitative estimate of drug-likeness (QED) is 0.900. The molecule has 4 nitrogen and oxygen atoms in total. The number of amides is 1. The first kappa shape index (κ1) is 14.0. The fourth-order valence-electron chi connectivity index (χ4n) is 3.97. The van der Waals surface area contributed by atoms with Gasteiger partial charge in [-0.1, -0.05) is 6.07 Å². The lowest BCUT2D eigenvalue weighted by Gasteiger charge is -2.27. The number of halogens is 1. The first-order valence-corrected chi connectivity index (χ1v) is 7.27. The number of nitrogens with one attached hydrogen (secondary N) is 1. The Morgan fingerprint density at radius 2 is 1.90 bits per heavy atom. The molecule has 3 rings (SSSR count). The number of carbonyl (C=O) groups is 2. The maximum Gasteiger partial charge on any atom is 0.307 e. The van der Waals surface area contributed by atoms with E-state index in [1.807, 2.05) is 0 Å². The molecular formula is C16H18FNO3.